The lowest BCUT2D eigenvalue weighted by Crippen LogP contribution is -2.35. The van der Waals surface area contributed by atoms with E-state index in [0.717, 1.165) is 12.1 Å². The Bertz CT molecular complexity index is 635. The second kappa shape index (κ2) is 5.90. The minimum atomic E-state index is 0.103. The van der Waals surface area contributed by atoms with Crippen molar-refractivity contribution in [1.82, 2.24) is 14.8 Å². The molecule has 1 aromatic carbocycles. The first-order valence-corrected chi connectivity index (χ1v) is 7.29. The van der Waals surface area contributed by atoms with Gasteiger partial charge in [-0.05, 0) is 49.9 Å². The van der Waals surface area contributed by atoms with Crippen LogP contribution in [0.25, 0.3) is 10.9 Å². The molecule has 0 spiro atoms. The number of fused-ring (bicyclic) bond motifs is 1. The van der Waals surface area contributed by atoms with E-state index < -0.39 is 0 Å². The van der Waals surface area contributed by atoms with Gasteiger partial charge in [-0.1, -0.05) is 6.07 Å². The van der Waals surface area contributed by atoms with Crippen LogP contribution in [0.4, 0.5) is 0 Å². The van der Waals surface area contributed by atoms with E-state index in [1.54, 1.807) is 19.0 Å². The lowest BCUT2D eigenvalue weighted by Gasteiger charge is -2.20. The molecular weight excluding hydrogens is 262 g/mol. The number of hydrogen-bond acceptors (Lipinski definition) is 2. The van der Waals surface area contributed by atoms with Crippen molar-refractivity contribution in [3.8, 4) is 0 Å². The van der Waals surface area contributed by atoms with Gasteiger partial charge >= 0.3 is 0 Å². The standard InChI is InChI=1S/C17H25N3O/c1-17(2,3)18-11-13-6-7-15-14(10-13)8-9-20(15)12-16(21)19(4)5/h6-10,18H,11-12H2,1-5H3. The first-order valence-electron chi connectivity index (χ1n) is 7.29. The van der Waals surface area contributed by atoms with E-state index in [0.29, 0.717) is 6.54 Å². The number of amides is 1. The number of nitrogens with one attached hydrogen (secondary N) is 1. The van der Waals surface area contributed by atoms with E-state index in [-0.39, 0.29) is 11.4 Å². The average Bonchev–Trinajstić information content (AvgIpc) is 2.78. The number of hydrogen-bond donors (Lipinski definition) is 1. The minimum Gasteiger partial charge on any atom is -0.347 e. The van der Waals surface area contributed by atoms with Crippen LogP contribution in [-0.2, 0) is 17.9 Å². The van der Waals surface area contributed by atoms with Crippen molar-refractivity contribution in [2.75, 3.05) is 14.1 Å². The molecule has 2 aromatic rings. The van der Waals surface area contributed by atoms with Crippen LogP contribution >= 0.6 is 0 Å². The molecule has 21 heavy (non-hydrogen) atoms. The molecule has 0 aliphatic carbocycles. The Hall–Kier alpha value is -1.81. The molecule has 4 nitrogen and oxygen atoms in total. The van der Waals surface area contributed by atoms with Crippen LogP contribution in [0.1, 0.15) is 26.3 Å². The number of carbonyl (C=O) groups excluding carboxylic acids is 1. The van der Waals surface area contributed by atoms with Crippen molar-refractivity contribution in [3.05, 3.63) is 36.0 Å². The fourth-order valence-corrected chi connectivity index (χ4v) is 2.15. The summed E-state index contributed by atoms with van der Waals surface area (Å²) >= 11 is 0. The van der Waals surface area contributed by atoms with Gasteiger partial charge in [-0.15, -0.1) is 0 Å². The maximum Gasteiger partial charge on any atom is 0.241 e. The Morgan fingerprint density at radius 3 is 2.57 bits per heavy atom. The van der Waals surface area contributed by atoms with Crippen LogP contribution in [0, 0.1) is 0 Å². The molecule has 0 saturated heterocycles. The second-order valence-electron chi connectivity index (χ2n) is 6.73. The molecule has 1 heterocycles. The Balaban J connectivity index is 2.17. The SMILES string of the molecule is CN(C)C(=O)Cn1ccc2cc(CNC(C)(C)C)ccc21. The van der Waals surface area contributed by atoms with Crippen LogP contribution < -0.4 is 5.32 Å². The summed E-state index contributed by atoms with van der Waals surface area (Å²) in [5.41, 5.74) is 2.47. The van der Waals surface area contributed by atoms with Gasteiger partial charge in [-0.2, -0.15) is 0 Å². The molecule has 0 bridgehead atoms. The predicted molar refractivity (Wildman–Crippen MR) is 87.2 cm³/mol. The van der Waals surface area contributed by atoms with Gasteiger partial charge in [0.25, 0.3) is 0 Å². The molecule has 0 unspecified atom stereocenters. The highest BCUT2D eigenvalue weighted by Gasteiger charge is 2.10. The number of benzene rings is 1. The molecule has 0 saturated carbocycles. The summed E-state index contributed by atoms with van der Waals surface area (Å²) in [6.07, 6.45) is 1.98. The molecule has 4 heteroatoms. The fourth-order valence-electron chi connectivity index (χ4n) is 2.15. The molecule has 114 valence electrons. The summed E-state index contributed by atoms with van der Waals surface area (Å²) in [7, 11) is 3.56. The highest BCUT2D eigenvalue weighted by molar-refractivity contribution is 5.83. The summed E-state index contributed by atoms with van der Waals surface area (Å²) in [4.78, 5) is 13.4. The van der Waals surface area contributed by atoms with E-state index in [1.807, 2.05) is 10.8 Å². The predicted octanol–water partition coefficient (Wildman–Crippen LogP) is 2.62. The Labute approximate surface area is 126 Å². The zero-order valence-electron chi connectivity index (χ0n) is 13.6. The van der Waals surface area contributed by atoms with Crippen LogP contribution in [-0.4, -0.2) is 35.0 Å². The second-order valence-corrected chi connectivity index (χ2v) is 6.73. The quantitative estimate of drug-likeness (QED) is 0.938. The zero-order chi connectivity index (χ0) is 15.6. The third-order valence-corrected chi connectivity index (χ3v) is 3.46. The molecular formula is C17H25N3O. The van der Waals surface area contributed by atoms with E-state index in [1.165, 1.54) is 10.9 Å². The maximum atomic E-state index is 11.8. The lowest BCUT2D eigenvalue weighted by molar-refractivity contribution is -0.129. The fraction of sp³-hybridized carbons (Fsp3) is 0.471. The Morgan fingerprint density at radius 1 is 1.24 bits per heavy atom. The summed E-state index contributed by atoms with van der Waals surface area (Å²) in [6, 6.07) is 8.47. The summed E-state index contributed by atoms with van der Waals surface area (Å²) in [5, 5.41) is 4.66. The van der Waals surface area contributed by atoms with Gasteiger partial charge in [0.15, 0.2) is 0 Å². The number of carbonyl (C=O) groups is 1. The molecule has 1 N–H and O–H groups in total. The van der Waals surface area contributed by atoms with Gasteiger partial charge in [0.2, 0.25) is 5.91 Å². The maximum absolute atomic E-state index is 11.8. The zero-order valence-corrected chi connectivity index (χ0v) is 13.6. The largest absolute Gasteiger partial charge is 0.347 e. The molecule has 1 aromatic heterocycles. The normalized spacial score (nSPS) is 11.9. The smallest absolute Gasteiger partial charge is 0.241 e. The van der Waals surface area contributed by atoms with E-state index in [2.05, 4.69) is 50.4 Å². The Morgan fingerprint density at radius 2 is 1.95 bits per heavy atom. The number of rotatable bonds is 4. The van der Waals surface area contributed by atoms with Crippen molar-refractivity contribution < 1.29 is 4.79 Å². The molecule has 0 fully saturated rings. The summed E-state index contributed by atoms with van der Waals surface area (Å²) in [6.45, 7) is 7.72. The van der Waals surface area contributed by atoms with Crippen molar-refractivity contribution >= 4 is 16.8 Å². The van der Waals surface area contributed by atoms with E-state index >= 15 is 0 Å². The molecule has 0 atom stereocenters. The molecule has 0 aliphatic heterocycles. The van der Waals surface area contributed by atoms with Crippen LogP contribution in [0.15, 0.2) is 30.5 Å². The highest BCUT2D eigenvalue weighted by atomic mass is 16.2. The molecule has 2 rings (SSSR count). The van der Waals surface area contributed by atoms with Gasteiger partial charge in [0.1, 0.15) is 6.54 Å². The number of likely N-dealkylation sites (N-methyl/N-ethyl adjacent to an activating group) is 1. The third kappa shape index (κ3) is 4.08. The lowest BCUT2D eigenvalue weighted by atomic mass is 10.1. The van der Waals surface area contributed by atoms with Crippen molar-refractivity contribution in [2.45, 2.75) is 39.4 Å². The van der Waals surface area contributed by atoms with Crippen LogP contribution in [0.2, 0.25) is 0 Å². The van der Waals surface area contributed by atoms with Gasteiger partial charge in [-0.3, -0.25) is 4.79 Å². The van der Waals surface area contributed by atoms with Gasteiger partial charge in [0, 0.05) is 37.9 Å². The monoisotopic (exact) mass is 287 g/mol. The van der Waals surface area contributed by atoms with E-state index in [4.69, 9.17) is 0 Å². The van der Waals surface area contributed by atoms with Crippen molar-refractivity contribution in [2.24, 2.45) is 0 Å². The highest BCUT2D eigenvalue weighted by Crippen LogP contribution is 2.18. The first-order chi connectivity index (χ1) is 9.76. The summed E-state index contributed by atoms with van der Waals surface area (Å²) < 4.78 is 2.00. The van der Waals surface area contributed by atoms with Crippen LogP contribution in [0.3, 0.4) is 0 Å². The minimum absolute atomic E-state index is 0.103. The van der Waals surface area contributed by atoms with Crippen molar-refractivity contribution in [1.29, 1.82) is 0 Å². The third-order valence-electron chi connectivity index (χ3n) is 3.46. The average molecular weight is 287 g/mol. The van der Waals surface area contributed by atoms with Gasteiger partial charge in [-0.25, -0.2) is 0 Å². The number of nitrogens with zero attached hydrogens (tertiary/aromatic N) is 2. The molecule has 1 amide bonds. The molecule has 0 aliphatic rings. The van der Waals surface area contributed by atoms with Crippen molar-refractivity contribution in [3.63, 3.8) is 0 Å². The topological polar surface area (TPSA) is 37.3 Å². The van der Waals surface area contributed by atoms with E-state index in [9.17, 15) is 4.79 Å². The first kappa shape index (κ1) is 15.6. The summed E-state index contributed by atoms with van der Waals surface area (Å²) in [5.74, 6) is 0.103. The Kier molecular flexibility index (Phi) is 4.37. The number of aromatic nitrogens is 1. The van der Waals surface area contributed by atoms with Gasteiger partial charge in [0.05, 0.1) is 0 Å². The van der Waals surface area contributed by atoms with Gasteiger partial charge < -0.3 is 14.8 Å². The molecule has 0 radical (unpaired) electrons. The van der Waals surface area contributed by atoms with Crippen LogP contribution in [0.5, 0.6) is 0 Å².